The summed E-state index contributed by atoms with van der Waals surface area (Å²) < 4.78 is 0. The predicted molar refractivity (Wildman–Crippen MR) is 78.4 cm³/mol. The fourth-order valence-corrected chi connectivity index (χ4v) is 2.09. The first kappa shape index (κ1) is 15.4. The van der Waals surface area contributed by atoms with E-state index in [4.69, 9.17) is 0 Å². The molecule has 0 heterocycles. The first-order valence-electron chi connectivity index (χ1n) is 6.97. The highest BCUT2D eigenvalue weighted by Gasteiger charge is 2.09. The minimum atomic E-state index is -0.224. The zero-order valence-electron chi connectivity index (χ0n) is 12.1. The van der Waals surface area contributed by atoms with Crippen molar-refractivity contribution in [3.05, 3.63) is 29.3 Å². The van der Waals surface area contributed by atoms with Gasteiger partial charge < -0.3 is 5.32 Å². The van der Waals surface area contributed by atoms with Gasteiger partial charge in [0.05, 0.1) is 6.42 Å². The highest BCUT2D eigenvalue weighted by atomic mass is 16.2. The number of hydrogen-bond acceptors (Lipinski definition) is 2. The Hall–Kier alpha value is -1.64. The van der Waals surface area contributed by atoms with Crippen molar-refractivity contribution in [3.8, 4) is 0 Å². The van der Waals surface area contributed by atoms with Gasteiger partial charge in [0.1, 0.15) is 5.78 Å². The topological polar surface area (TPSA) is 46.2 Å². The average Bonchev–Trinajstić information content (AvgIpc) is 2.32. The zero-order chi connectivity index (χ0) is 14.3. The molecule has 1 aromatic rings. The second kappa shape index (κ2) is 7.72. The SMILES string of the molecule is CCCc1ccc(CCC)c(NC(=O)CC(C)=O)c1. The molecule has 0 aliphatic rings. The molecule has 0 fully saturated rings. The normalized spacial score (nSPS) is 10.3. The number of amides is 1. The molecule has 3 nitrogen and oxygen atoms in total. The molecule has 0 aliphatic carbocycles. The number of carbonyl (C=O) groups excluding carboxylic acids is 2. The van der Waals surface area contributed by atoms with Gasteiger partial charge in [-0.15, -0.1) is 0 Å². The summed E-state index contributed by atoms with van der Waals surface area (Å²) >= 11 is 0. The molecule has 0 radical (unpaired) electrons. The Kier molecular flexibility index (Phi) is 6.26. The molecular formula is C16H23NO2. The quantitative estimate of drug-likeness (QED) is 0.763. The molecule has 1 aromatic carbocycles. The molecule has 19 heavy (non-hydrogen) atoms. The van der Waals surface area contributed by atoms with Gasteiger partial charge in [0.25, 0.3) is 0 Å². The van der Waals surface area contributed by atoms with Crippen LogP contribution in [0.4, 0.5) is 5.69 Å². The third kappa shape index (κ3) is 5.25. The number of benzene rings is 1. The fourth-order valence-electron chi connectivity index (χ4n) is 2.09. The monoisotopic (exact) mass is 261 g/mol. The Bertz CT molecular complexity index is 452. The van der Waals surface area contributed by atoms with Crippen LogP contribution in [0.15, 0.2) is 18.2 Å². The van der Waals surface area contributed by atoms with Gasteiger partial charge in [-0.3, -0.25) is 9.59 Å². The van der Waals surface area contributed by atoms with E-state index in [1.807, 2.05) is 6.07 Å². The van der Waals surface area contributed by atoms with E-state index in [-0.39, 0.29) is 18.1 Å². The van der Waals surface area contributed by atoms with Gasteiger partial charge in [0, 0.05) is 5.69 Å². The Balaban J connectivity index is 2.89. The number of aryl methyl sites for hydroxylation is 2. The molecule has 0 bridgehead atoms. The maximum atomic E-state index is 11.7. The maximum Gasteiger partial charge on any atom is 0.231 e. The van der Waals surface area contributed by atoms with Crippen molar-refractivity contribution < 1.29 is 9.59 Å². The average molecular weight is 261 g/mol. The van der Waals surface area contributed by atoms with E-state index < -0.39 is 0 Å². The highest BCUT2D eigenvalue weighted by molar-refractivity contribution is 6.03. The van der Waals surface area contributed by atoms with E-state index in [1.165, 1.54) is 12.5 Å². The van der Waals surface area contributed by atoms with E-state index in [0.29, 0.717) is 0 Å². The van der Waals surface area contributed by atoms with Crippen molar-refractivity contribution in [1.29, 1.82) is 0 Å². The summed E-state index contributed by atoms with van der Waals surface area (Å²) in [5.41, 5.74) is 3.22. The first-order chi connectivity index (χ1) is 9.06. The molecule has 0 spiro atoms. The van der Waals surface area contributed by atoms with Gasteiger partial charge in [-0.05, 0) is 37.0 Å². The van der Waals surface area contributed by atoms with Crippen LogP contribution < -0.4 is 5.32 Å². The molecule has 3 heteroatoms. The summed E-state index contributed by atoms with van der Waals surface area (Å²) in [6.07, 6.45) is 3.99. The van der Waals surface area contributed by atoms with Gasteiger partial charge in [-0.2, -0.15) is 0 Å². The van der Waals surface area contributed by atoms with Crippen LogP contribution in [-0.4, -0.2) is 11.7 Å². The van der Waals surface area contributed by atoms with Crippen LogP contribution in [0.25, 0.3) is 0 Å². The van der Waals surface area contributed by atoms with Gasteiger partial charge in [0.15, 0.2) is 0 Å². The molecule has 0 aliphatic heterocycles. The van der Waals surface area contributed by atoms with E-state index >= 15 is 0 Å². The van der Waals surface area contributed by atoms with E-state index in [2.05, 4.69) is 31.3 Å². The molecule has 0 unspecified atom stereocenters. The minimum absolute atomic E-state index is 0.0520. The lowest BCUT2D eigenvalue weighted by molar-refractivity contribution is -0.124. The van der Waals surface area contributed by atoms with Crippen molar-refractivity contribution in [3.63, 3.8) is 0 Å². The van der Waals surface area contributed by atoms with Crippen LogP contribution in [0.5, 0.6) is 0 Å². The number of anilines is 1. The third-order valence-corrected chi connectivity index (χ3v) is 2.92. The number of Topliss-reactive ketones (excluding diaryl/α,β-unsaturated/α-hetero) is 1. The standard InChI is InChI=1S/C16H23NO2/c1-4-6-13-8-9-14(7-5-2)15(11-13)17-16(19)10-12(3)18/h8-9,11H,4-7,10H2,1-3H3,(H,17,19). The number of carbonyl (C=O) groups is 2. The van der Waals surface area contributed by atoms with Crippen LogP contribution in [-0.2, 0) is 22.4 Å². The van der Waals surface area contributed by atoms with Gasteiger partial charge >= 0.3 is 0 Å². The Morgan fingerprint density at radius 3 is 2.37 bits per heavy atom. The van der Waals surface area contributed by atoms with Crippen molar-refractivity contribution >= 4 is 17.4 Å². The zero-order valence-corrected chi connectivity index (χ0v) is 12.1. The molecule has 0 aromatic heterocycles. The van der Waals surface area contributed by atoms with Crippen molar-refractivity contribution in [1.82, 2.24) is 0 Å². The molecule has 1 rings (SSSR count). The molecule has 104 valence electrons. The highest BCUT2D eigenvalue weighted by Crippen LogP contribution is 2.20. The lowest BCUT2D eigenvalue weighted by Crippen LogP contribution is -2.16. The predicted octanol–water partition coefficient (Wildman–Crippen LogP) is 3.51. The summed E-state index contributed by atoms with van der Waals surface area (Å²) in [5, 5.41) is 2.87. The van der Waals surface area contributed by atoms with Gasteiger partial charge in [0.2, 0.25) is 5.91 Å². The van der Waals surface area contributed by atoms with Crippen LogP contribution in [0.1, 0.15) is 51.2 Å². The Morgan fingerprint density at radius 2 is 1.79 bits per heavy atom. The summed E-state index contributed by atoms with van der Waals surface area (Å²) in [5.74, 6) is -0.335. The lowest BCUT2D eigenvalue weighted by Gasteiger charge is -2.12. The number of hydrogen-bond donors (Lipinski definition) is 1. The third-order valence-electron chi connectivity index (χ3n) is 2.92. The summed E-state index contributed by atoms with van der Waals surface area (Å²) in [4.78, 5) is 22.7. The number of nitrogens with one attached hydrogen (secondary N) is 1. The minimum Gasteiger partial charge on any atom is -0.325 e. The van der Waals surface area contributed by atoms with Crippen molar-refractivity contribution in [2.75, 3.05) is 5.32 Å². The van der Waals surface area contributed by atoms with Crippen LogP contribution in [0.3, 0.4) is 0 Å². The maximum absolute atomic E-state index is 11.7. The molecule has 0 saturated carbocycles. The lowest BCUT2D eigenvalue weighted by atomic mass is 10.0. The number of ketones is 1. The molecule has 1 amide bonds. The number of rotatable bonds is 7. The molecule has 0 atom stereocenters. The van der Waals surface area contributed by atoms with E-state index in [1.54, 1.807) is 0 Å². The van der Waals surface area contributed by atoms with Gasteiger partial charge in [-0.25, -0.2) is 0 Å². The molecule has 0 saturated heterocycles. The van der Waals surface area contributed by atoms with Crippen LogP contribution >= 0.6 is 0 Å². The molecule has 1 N–H and O–H groups in total. The van der Waals surface area contributed by atoms with E-state index in [9.17, 15) is 9.59 Å². The Labute approximate surface area is 115 Å². The summed E-state index contributed by atoms with van der Waals surface area (Å²) in [6, 6.07) is 6.24. The van der Waals surface area contributed by atoms with Gasteiger partial charge in [-0.1, -0.05) is 38.8 Å². The first-order valence-corrected chi connectivity index (χ1v) is 6.97. The fraction of sp³-hybridized carbons (Fsp3) is 0.500. The summed E-state index contributed by atoms with van der Waals surface area (Å²) in [7, 11) is 0. The second-order valence-corrected chi connectivity index (χ2v) is 4.92. The second-order valence-electron chi connectivity index (χ2n) is 4.92. The summed E-state index contributed by atoms with van der Waals surface area (Å²) in [6.45, 7) is 5.68. The smallest absolute Gasteiger partial charge is 0.231 e. The van der Waals surface area contributed by atoms with E-state index in [0.717, 1.165) is 36.9 Å². The van der Waals surface area contributed by atoms with Crippen LogP contribution in [0, 0.1) is 0 Å². The van der Waals surface area contributed by atoms with Crippen LogP contribution in [0.2, 0.25) is 0 Å². The van der Waals surface area contributed by atoms with Crippen molar-refractivity contribution in [2.24, 2.45) is 0 Å². The van der Waals surface area contributed by atoms with Crippen molar-refractivity contribution in [2.45, 2.75) is 52.9 Å². The Morgan fingerprint density at radius 1 is 1.11 bits per heavy atom. The molecular weight excluding hydrogens is 238 g/mol. The largest absolute Gasteiger partial charge is 0.325 e.